The molecule has 5 heteroatoms. The summed E-state index contributed by atoms with van der Waals surface area (Å²) in [5, 5.41) is 0. The summed E-state index contributed by atoms with van der Waals surface area (Å²) in [4.78, 5) is 11.9. The minimum atomic E-state index is -1.10. The van der Waals surface area contributed by atoms with Crippen molar-refractivity contribution in [3.63, 3.8) is 0 Å². The van der Waals surface area contributed by atoms with Crippen LogP contribution in [0.2, 0.25) is 0 Å². The Kier molecular flexibility index (Phi) is 3.38. The summed E-state index contributed by atoms with van der Waals surface area (Å²) in [6, 6.07) is 3.98. The number of rotatable bonds is 2. The molecule has 0 N–H and O–H groups in total. The first kappa shape index (κ1) is 13.3. The molecule has 1 nitrogen and oxygen atoms in total. The van der Waals surface area contributed by atoms with Crippen LogP contribution in [0, 0.1) is 30.2 Å². The van der Waals surface area contributed by atoms with E-state index in [9.17, 15) is 22.4 Å². The molecule has 0 aliphatic heterocycles. The molecular formula is C14H8F4O. The van der Waals surface area contributed by atoms with E-state index in [1.54, 1.807) is 0 Å². The van der Waals surface area contributed by atoms with Crippen LogP contribution in [-0.2, 0) is 0 Å². The standard InChI is InChI=1S/C14H8F4O/c1-7-2-11(17)13(12(18)3-7)14(19)8-4-9(15)6-10(16)5-8/h2-6H,1H3. The molecule has 0 aliphatic carbocycles. The Labute approximate surface area is 106 Å². The number of hydrogen-bond acceptors (Lipinski definition) is 1. The Balaban J connectivity index is 2.56. The first-order valence-electron chi connectivity index (χ1n) is 5.35. The lowest BCUT2D eigenvalue weighted by atomic mass is 10.0. The highest BCUT2D eigenvalue weighted by Gasteiger charge is 2.20. The summed E-state index contributed by atoms with van der Waals surface area (Å²) in [5.74, 6) is -5.21. The van der Waals surface area contributed by atoms with E-state index < -0.39 is 40.2 Å². The van der Waals surface area contributed by atoms with Gasteiger partial charge in [-0.2, -0.15) is 0 Å². The largest absolute Gasteiger partial charge is 0.288 e. The lowest BCUT2D eigenvalue weighted by molar-refractivity contribution is 0.103. The molecule has 2 rings (SSSR count). The van der Waals surface area contributed by atoms with Gasteiger partial charge in [-0.3, -0.25) is 4.79 Å². The summed E-state index contributed by atoms with van der Waals surface area (Å²) < 4.78 is 53.2. The van der Waals surface area contributed by atoms with Crippen LogP contribution in [0.25, 0.3) is 0 Å². The maximum absolute atomic E-state index is 13.6. The van der Waals surface area contributed by atoms with E-state index in [2.05, 4.69) is 0 Å². The van der Waals surface area contributed by atoms with E-state index in [1.165, 1.54) is 6.92 Å². The fourth-order valence-corrected chi connectivity index (χ4v) is 1.75. The predicted molar refractivity (Wildman–Crippen MR) is 60.9 cm³/mol. The Morgan fingerprint density at radius 2 is 1.32 bits per heavy atom. The van der Waals surface area contributed by atoms with E-state index >= 15 is 0 Å². The number of carbonyl (C=O) groups is 1. The molecule has 0 radical (unpaired) electrons. The van der Waals surface area contributed by atoms with Gasteiger partial charge in [-0.1, -0.05) is 0 Å². The average molecular weight is 268 g/mol. The van der Waals surface area contributed by atoms with Gasteiger partial charge in [0.15, 0.2) is 5.78 Å². The van der Waals surface area contributed by atoms with E-state index in [1.807, 2.05) is 0 Å². The summed E-state index contributed by atoms with van der Waals surface area (Å²) in [7, 11) is 0. The van der Waals surface area contributed by atoms with Crippen molar-refractivity contribution < 1.29 is 22.4 Å². The van der Waals surface area contributed by atoms with Crippen LogP contribution in [0.4, 0.5) is 17.6 Å². The van der Waals surface area contributed by atoms with E-state index in [0.29, 0.717) is 11.6 Å². The second-order valence-corrected chi connectivity index (χ2v) is 4.09. The van der Waals surface area contributed by atoms with Gasteiger partial charge in [-0.25, -0.2) is 17.6 Å². The number of benzene rings is 2. The molecule has 0 amide bonds. The first-order chi connectivity index (χ1) is 8.88. The monoisotopic (exact) mass is 268 g/mol. The van der Waals surface area contributed by atoms with Crippen LogP contribution < -0.4 is 0 Å². The van der Waals surface area contributed by atoms with Gasteiger partial charge in [-0.15, -0.1) is 0 Å². The molecule has 0 heterocycles. The Morgan fingerprint density at radius 3 is 1.79 bits per heavy atom. The molecule has 0 unspecified atom stereocenters. The topological polar surface area (TPSA) is 17.1 Å². The van der Waals surface area contributed by atoms with Crippen LogP contribution in [-0.4, -0.2) is 5.78 Å². The van der Waals surface area contributed by atoms with Gasteiger partial charge in [0.1, 0.15) is 23.3 Å². The zero-order valence-electron chi connectivity index (χ0n) is 9.81. The molecule has 98 valence electrons. The van der Waals surface area contributed by atoms with Gasteiger partial charge in [-0.05, 0) is 36.8 Å². The van der Waals surface area contributed by atoms with Gasteiger partial charge < -0.3 is 0 Å². The zero-order chi connectivity index (χ0) is 14.2. The fraction of sp³-hybridized carbons (Fsp3) is 0.0714. The third-order valence-corrected chi connectivity index (χ3v) is 2.54. The summed E-state index contributed by atoms with van der Waals surface area (Å²) in [6.07, 6.45) is 0. The Hall–Kier alpha value is -2.17. The number of halogens is 4. The molecule has 0 spiro atoms. The molecule has 0 aliphatic rings. The fourth-order valence-electron chi connectivity index (χ4n) is 1.75. The SMILES string of the molecule is Cc1cc(F)c(C(=O)c2cc(F)cc(F)c2)c(F)c1. The van der Waals surface area contributed by atoms with Crippen molar-refractivity contribution in [2.24, 2.45) is 0 Å². The molecule has 0 atom stereocenters. The molecule has 0 aromatic heterocycles. The highest BCUT2D eigenvalue weighted by Crippen LogP contribution is 2.20. The zero-order valence-corrected chi connectivity index (χ0v) is 9.81. The molecule has 0 bridgehead atoms. The van der Waals surface area contributed by atoms with E-state index in [0.717, 1.165) is 24.3 Å². The van der Waals surface area contributed by atoms with Crippen molar-refractivity contribution >= 4 is 5.78 Å². The van der Waals surface area contributed by atoms with Gasteiger partial charge in [0.05, 0.1) is 5.56 Å². The maximum Gasteiger partial charge on any atom is 0.199 e. The lowest BCUT2D eigenvalue weighted by Gasteiger charge is -2.06. The van der Waals surface area contributed by atoms with Crippen LogP contribution in [0.15, 0.2) is 30.3 Å². The smallest absolute Gasteiger partial charge is 0.199 e. The van der Waals surface area contributed by atoms with Crippen molar-refractivity contribution in [2.75, 3.05) is 0 Å². The van der Waals surface area contributed by atoms with Crippen molar-refractivity contribution in [3.8, 4) is 0 Å². The Bertz CT molecular complexity index is 621. The molecule has 2 aromatic carbocycles. The average Bonchev–Trinajstić information content (AvgIpc) is 2.25. The highest BCUT2D eigenvalue weighted by atomic mass is 19.1. The van der Waals surface area contributed by atoms with E-state index in [4.69, 9.17) is 0 Å². The minimum absolute atomic E-state index is 0.303. The number of hydrogen-bond donors (Lipinski definition) is 0. The van der Waals surface area contributed by atoms with Gasteiger partial charge in [0, 0.05) is 11.6 Å². The number of carbonyl (C=O) groups excluding carboxylic acids is 1. The number of aryl methyl sites for hydroxylation is 1. The predicted octanol–water partition coefficient (Wildman–Crippen LogP) is 3.78. The van der Waals surface area contributed by atoms with Crippen LogP contribution in [0.3, 0.4) is 0 Å². The summed E-state index contributed by atoms with van der Waals surface area (Å²) >= 11 is 0. The van der Waals surface area contributed by atoms with Crippen LogP contribution >= 0.6 is 0 Å². The minimum Gasteiger partial charge on any atom is -0.288 e. The second kappa shape index (κ2) is 4.84. The van der Waals surface area contributed by atoms with Crippen molar-refractivity contribution in [3.05, 3.63) is 70.3 Å². The highest BCUT2D eigenvalue weighted by molar-refractivity contribution is 6.09. The van der Waals surface area contributed by atoms with Crippen molar-refractivity contribution in [2.45, 2.75) is 6.92 Å². The molecule has 19 heavy (non-hydrogen) atoms. The van der Waals surface area contributed by atoms with Crippen LogP contribution in [0.5, 0.6) is 0 Å². The van der Waals surface area contributed by atoms with Crippen molar-refractivity contribution in [1.82, 2.24) is 0 Å². The molecule has 0 saturated carbocycles. The Morgan fingerprint density at radius 1 is 0.842 bits per heavy atom. The van der Waals surface area contributed by atoms with Crippen molar-refractivity contribution in [1.29, 1.82) is 0 Å². The van der Waals surface area contributed by atoms with Crippen LogP contribution in [0.1, 0.15) is 21.5 Å². The summed E-state index contributed by atoms with van der Waals surface area (Å²) in [5.41, 5.74) is -0.966. The quantitative estimate of drug-likeness (QED) is 0.598. The normalized spacial score (nSPS) is 10.6. The first-order valence-corrected chi connectivity index (χ1v) is 5.35. The third-order valence-electron chi connectivity index (χ3n) is 2.54. The molecule has 0 fully saturated rings. The number of ketones is 1. The van der Waals surface area contributed by atoms with E-state index in [-0.39, 0.29) is 0 Å². The van der Waals surface area contributed by atoms with Gasteiger partial charge >= 0.3 is 0 Å². The second-order valence-electron chi connectivity index (χ2n) is 4.09. The van der Waals surface area contributed by atoms with Gasteiger partial charge in [0.2, 0.25) is 0 Å². The maximum atomic E-state index is 13.6. The molecular weight excluding hydrogens is 260 g/mol. The lowest BCUT2D eigenvalue weighted by Crippen LogP contribution is -2.09. The molecule has 0 saturated heterocycles. The van der Waals surface area contributed by atoms with Gasteiger partial charge in [0.25, 0.3) is 0 Å². The molecule has 2 aromatic rings. The third kappa shape index (κ3) is 2.65. The summed E-state index contributed by atoms with van der Waals surface area (Å²) in [6.45, 7) is 1.46.